The maximum absolute atomic E-state index is 13.0. The molecule has 10 heteroatoms. The zero-order valence-corrected chi connectivity index (χ0v) is 19.6. The highest BCUT2D eigenvalue weighted by Crippen LogP contribution is 2.24. The van der Waals surface area contributed by atoms with E-state index < -0.39 is 10.0 Å². The van der Waals surface area contributed by atoms with E-state index in [0.29, 0.717) is 37.4 Å². The third-order valence-electron chi connectivity index (χ3n) is 5.73. The normalized spacial score (nSPS) is 15.7. The summed E-state index contributed by atoms with van der Waals surface area (Å²) in [5.41, 5.74) is 2.73. The molecule has 2 aromatic carbocycles. The summed E-state index contributed by atoms with van der Waals surface area (Å²) in [6, 6.07) is 13.6. The van der Waals surface area contributed by atoms with E-state index in [2.05, 4.69) is 15.2 Å². The third kappa shape index (κ3) is 4.42. The van der Waals surface area contributed by atoms with Gasteiger partial charge in [-0.15, -0.1) is 11.3 Å². The number of sulfonamides is 1. The lowest BCUT2D eigenvalue weighted by Crippen LogP contribution is -2.47. The number of fused-ring (bicyclic) bond motifs is 1. The van der Waals surface area contributed by atoms with Crippen molar-refractivity contribution in [2.24, 2.45) is 0 Å². The molecule has 0 saturated carbocycles. The van der Waals surface area contributed by atoms with Crippen LogP contribution in [0, 0.1) is 0 Å². The summed E-state index contributed by atoms with van der Waals surface area (Å²) in [6.45, 7) is 2.26. The molecule has 0 radical (unpaired) electrons. The first kappa shape index (κ1) is 21.8. The highest BCUT2D eigenvalue weighted by atomic mass is 32.2. The van der Waals surface area contributed by atoms with Crippen molar-refractivity contribution < 1.29 is 13.2 Å². The molecule has 0 aliphatic carbocycles. The fourth-order valence-electron chi connectivity index (χ4n) is 3.77. The van der Waals surface area contributed by atoms with E-state index in [1.165, 1.54) is 16.4 Å². The van der Waals surface area contributed by atoms with Gasteiger partial charge in [-0.05, 0) is 37.4 Å². The van der Waals surface area contributed by atoms with Crippen molar-refractivity contribution in [2.75, 3.05) is 38.5 Å². The predicted molar refractivity (Wildman–Crippen MR) is 129 cm³/mol. The Labute approximate surface area is 196 Å². The number of anilines is 1. The van der Waals surface area contributed by atoms with Crippen LogP contribution < -0.4 is 5.32 Å². The van der Waals surface area contributed by atoms with Crippen LogP contribution in [0.5, 0.6) is 0 Å². The summed E-state index contributed by atoms with van der Waals surface area (Å²) in [6.07, 6.45) is 3.93. The van der Waals surface area contributed by atoms with Gasteiger partial charge in [0.1, 0.15) is 0 Å². The van der Waals surface area contributed by atoms with Gasteiger partial charge in [0.25, 0.3) is 5.91 Å². The topological polar surface area (TPSA) is 87.0 Å². The van der Waals surface area contributed by atoms with Gasteiger partial charge >= 0.3 is 0 Å². The van der Waals surface area contributed by atoms with Crippen LogP contribution in [-0.2, 0) is 10.0 Å². The number of benzene rings is 2. The molecule has 4 aromatic rings. The monoisotopic (exact) mass is 481 g/mol. The van der Waals surface area contributed by atoms with Crippen molar-refractivity contribution in [1.82, 2.24) is 18.6 Å². The van der Waals surface area contributed by atoms with Gasteiger partial charge < -0.3 is 10.2 Å². The molecule has 8 nitrogen and oxygen atoms in total. The molecule has 0 atom stereocenters. The van der Waals surface area contributed by atoms with Crippen molar-refractivity contribution in [3.05, 3.63) is 71.9 Å². The highest BCUT2D eigenvalue weighted by molar-refractivity contribution is 7.89. The van der Waals surface area contributed by atoms with Gasteiger partial charge in [-0.1, -0.05) is 18.2 Å². The zero-order chi connectivity index (χ0) is 23.0. The Morgan fingerprint density at radius 3 is 2.55 bits per heavy atom. The molecule has 1 N–H and O–H groups in total. The number of carbonyl (C=O) groups is 1. The number of hydrogen-bond donors (Lipinski definition) is 1. The number of nitrogens with one attached hydrogen (secondary N) is 1. The first-order valence-corrected chi connectivity index (χ1v) is 12.8. The van der Waals surface area contributed by atoms with Crippen LogP contribution in [0.3, 0.4) is 0 Å². The van der Waals surface area contributed by atoms with Crippen molar-refractivity contribution >= 4 is 37.9 Å². The lowest BCUT2D eigenvalue weighted by molar-refractivity contribution is 0.102. The number of imidazole rings is 1. The van der Waals surface area contributed by atoms with Crippen LogP contribution in [0.4, 0.5) is 5.69 Å². The molecule has 1 amide bonds. The highest BCUT2D eigenvalue weighted by Gasteiger charge is 2.28. The fraction of sp³-hybridized carbons (Fsp3) is 0.217. The zero-order valence-electron chi connectivity index (χ0n) is 18.0. The summed E-state index contributed by atoms with van der Waals surface area (Å²) in [5, 5.41) is 4.83. The number of rotatable bonds is 5. The molecule has 1 aliphatic rings. The molecular formula is C23H23N5O3S2. The molecule has 33 heavy (non-hydrogen) atoms. The second-order valence-corrected chi connectivity index (χ2v) is 10.8. The van der Waals surface area contributed by atoms with Crippen LogP contribution >= 0.6 is 11.3 Å². The largest absolute Gasteiger partial charge is 0.322 e. The first-order valence-electron chi connectivity index (χ1n) is 10.5. The number of nitrogens with zero attached hydrogens (tertiary/aromatic N) is 4. The van der Waals surface area contributed by atoms with Gasteiger partial charge in [0, 0.05) is 60.8 Å². The number of hydrogen-bond acceptors (Lipinski definition) is 6. The van der Waals surface area contributed by atoms with Crippen LogP contribution in [0.25, 0.3) is 16.2 Å². The Bertz CT molecular complexity index is 1370. The van der Waals surface area contributed by atoms with Gasteiger partial charge in [-0.25, -0.2) is 13.4 Å². The summed E-state index contributed by atoms with van der Waals surface area (Å²) in [4.78, 5) is 20.5. The second-order valence-electron chi connectivity index (χ2n) is 7.99. The molecule has 5 rings (SSSR count). The number of piperazine rings is 1. The van der Waals surface area contributed by atoms with Gasteiger partial charge in [0.05, 0.1) is 10.6 Å². The Morgan fingerprint density at radius 2 is 1.82 bits per heavy atom. The molecule has 1 saturated heterocycles. The van der Waals surface area contributed by atoms with E-state index in [4.69, 9.17) is 0 Å². The summed E-state index contributed by atoms with van der Waals surface area (Å²) in [5.74, 6) is -0.360. The van der Waals surface area contributed by atoms with Crippen molar-refractivity contribution in [3.8, 4) is 11.3 Å². The van der Waals surface area contributed by atoms with Crippen molar-refractivity contribution in [3.63, 3.8) is 0 Å². The van der Waals surface area contributed by atoms with Gasteiger partial charge in [0.2, 0.25) is 10.0 Å². The lowest BCUT2D eigenvalue weighted by Gasteiger charge is -2.31. The second kappa shape index (κ2) is 8.71. The molecule has 0 spiro atoms. The smallest absolute Gasteiger partial charge is 0.255 e. The average Bonchev–Trinajstić information content (AvgIpc) is 3.43. The fourth-order valence-corrected chi connectivity index (χ4v) is 5.94. The number of thiazole rings is 1. The minimum Gasteiger partial charge on any atom is -0.322 e. The van der Waals surface area contributed by atoms with E-state index in [0.717, 1.165) is 16.2 Å². The maximum Gasteiger partial charge on any atom is 0.255 e. The Hall–Kier alpha value is -3.05. The summed E-state index contributed by atoms with van der Waals surface area (Å²) < 4.78 is 29.5. The van der Waals surface area contributed by atoms with E-state index in [9.17, 15) is 13.2 Å². The summed E-state index contributed by atoms with van der Waals surface area (Å²) in [7, 11) is -1.67. The van der Waals surface area contributed by atoms with Crippen molar-refractivity contribution in [1.29, 1.82) is 0 Å². The molecule has 1 aliphatic heterocycles. The number of aromatic nitrogens is 2. The third-order valence-corrected chi connectivity index (χ3v) is 8.39. The van der Waals surface area contributed by atoms with Crippen LogP contribution in [0.15, 0.2) is 71.2 Å². The number of amides is 1. The molecule has 0 bridgehead atoms. The van der Waals surface area contributed by atoms with E-state index in [1.807, 2.05) is 53.5 Å². The SMILES string of the molecule is CN1CCN(S(=O)(=O)c2cccc(C(=O)Nc3ccc(-c4cn5ccsc5n4)cc3)c2)CC1. The maximum atomic E-state index is 13.0. The van der Waals surface area contributed by atoms with Crippen LogP contribution in [0.1, 0.15) is 10.4 Å². The van der Waals surface area contributed by atoms with E-state index in [-0.39, 0.29) is 10.8 Å². The minimum absolute atomic E-state index is 0.134. The molecule has 170 valence electrons. The number of carbonyl (C=O) groups excluding carboxylic acids is 1. The van der Waals surface area contributed by atoms with E-state index in [1.54, 1.807) is 23.5 Å². The van der Waals surface area contributed by atoms with E-state index >= 15 is 0 Å². The minimum atomic E-state index is -3.64. The summed E-state index contributed by atoms with van der Waals surface area (Å²) >= 11 is 1.57. The quantitative estimate of drug-likeness (QED) is 0.473. The average molecular weight is 482 g/mol. The molecular weight excluding hydrogens is 458 g/mol. The number of likely N-dealkylation sites (N-methyl/N-ethyl adjacent to an activating group) is 1. The van der Waals surface area contributed by atoms with Gasteiger partial charge in [-0.3, -0.25) is 9.20 Å². The van der Waals surface area contributed by atoms with Gasteiger partial charge in [0.15, 0.2) is 4.96 Å². The van der Waals surface area contributed by atoms with Gasteiger partial charge in [-0.2, -0.15) is 4.31 Å². The first-order chi connectivity index (χ1) is 15.9. The Kier molecular flexibility index (Phi) is 5.75. The predicted octanol–water partition coefficient (Wildman–Crippen LogP) is 3.25. The Morgan fingerprint density at radius 1 is 1.06 bits per heavy atom. The van der Waals surface area contributed by atoms with Crippen LogP contribution in [0.2, 0.25) is 0 Å². The van der Waals surface area contributed by atoms with Crippen LogP contribution in [-0.4, -0.2) is 66.1 Å². The molecule has 2 aromatic heterocycles. The standard InChI is InChI=1S/C23H23N5O3S2/c1-26-9-11-28(12-10-26)33(30,31)20-4-2-3-18(15-20)22(29)24-19-7-5-17(6-8-19)21-16-27-13-14-32-23(27)25-21/h2-8,13-16H,9-12H2,1H3,(H,24,29). The molecule has 1 fully saturated rings. The lowest BCUT2D eigenvalue weighted by atomic mass is 10.1. The Balaban J connectivity index is 1.30. The van der Waals surface area contributed by atoms with Crippen molar-refractivity contribution in [2.45, 2.75) is 4.90 Å². The molecule has 0 unspecified atom stereocenters. The molecule has 3 heterocycles.